The topological polar surface area (TPSA) is 68.2 Å². The van der Waals surface area contributed by atoms with Gasteiger partial charge in [0.2, 0.25) is 0 Å². The van der Waals surface area contributed by atoms with Crippen molar-refractivity contribution in [2.75, 3.05) is 21.3 Å². The van der Waals surface area contributed by atoms with Gasteiger partial charge in [-0.1, -0.05) is 6.07 Å². The third-order valence-corrected chi connectivity index (χ3v) is 3.34. The molecule has 0 fully saturated rings. The van der Waals surface area contributed by atoms with Crippen LogP contribution in [-0.2, 0) is 14.0 Å². The first-order valence-electron chi connectivity index (χ1n) is 7.16. The molecule has 0 aromatic heterocycles. The van der Waals surface area contributed by atoms with Crippen LogP contribution in [0.1, 0.15) is 2.85 Å². The van der Waals surface area contributed by atoms with E-state index in [0.29, 0.717) is 6.07 Å². The predicted octanol–water partition coefficient (Wildman–Crippen LogP) is 2.13. The van der Waals surface area contributed by atoms with Crippen molar-refractivity contribution in [2.45, 2.75) is 0 Å². The van der Waals surface area contributed by atoms with Gasteiger partial charge in [0.05, 0.1) is 4.47 Å². The number of hydrogen-bond acceptors (Lipinski definition) is 5. The van der Waals surface area contributed by atoms with Gasteiger partial charge in [-0.15, -0.1) is 0 Å². The molecule has 0 aliphatic carbocycles. The zero-order chi connectivity index (χ0) is 21.0. The molecule has 2 rings (SSSR count). The van der Waals surface area contributed by atoms with Gasteiger partial charge in [0, 0.05) is 38.9 Å². The quantitative estimate of drug-likeness (QED) is 0.398. The largest absolute Gasteiger partial charge is 2.00 e. The summed E-state index contributed by atoms with van der Waals surface area (Å²) in [5, 5.41) is 17.0. The Balaban J connectivity index is -0.000000165. The minimum absolute atomic E-state index is 0. The molecule has 0 aliphatic rings. The van der Waals surface area contributed by atoms with E-state index < -0.39 is 37.7 Å². The maximum atomic E-state index is 12.5. The molecule has 13 heteroatoms. The van der Waals surface area contributed by atoms with E-state index in [1.165, 1.54) is 33.5 Å². The maximum Gasteiger partial charge on any atom is 2.00 e. The van der Waals surface area contributed by atoms with Crippen LogP contribution in [0.4, 0.5) is 17.6 Å². The first-order valence-corrected chi connectivity index (χ1v) is 7.95. The molecule has 0 amide bonds. The fourth-order valence-corrected chi connectivity index (χ4v) is 1.72. The molecule has 28 heavy (non-hydrogen) atoms. The van der Waals surface area contributed by atoms with Crippen molar-refractivity contribution in [3.05, 3.63) is 64.1 Å². The molecule has 0 heterocycles. The van der Waals surface area contributed by atoms with Crippen molar-refractivity contribution in [2.24, 2.45) is 0 Å². The molecule has 0 radical (unpaired) electrons. The SMILES string of the molecule is COB(OC)OC.Fc1ccc(Br)c(F)c1.OB(O)c1ccc(F)cc1F.[H-].[H-].[Mg+2]. The first-order chi connectivity index (χ1) is 12.7. The minimum Gasteiger partial charge on any atom is -1.00 e. The van der Waals surface area contributed by atoms with E-state index >= 15 is 0 Å². The van der Waals surface area contributed by atoms with Crippen molar-refractivity contribution in [3.8, 4) is 0 Å². The average Bonchev–Trinajstić information content (AvgIpc) is 2.61. The summed E-state index contributed by atoms with van der Waals surface area (Å²) in [6, 6.07) is 5.86. The molecule has 0 spiro atoms. The van der Waals surface area contributed by atoms with Gasteiger partial charge in [0.15, 0.2) is 0 Å². The Morgan fingerprint density at radius 2 is 1.25 bits per heavy atom. The molecular formula is C15H19B2BrF4MgO5. The number of hydrogen-bond donors (Lipinski definition) is 2. The maximum absolute atomic E-state index is 12.5. The molecule has 0 bridgehead atoms. The van der Waals surface area contributed by atoms with E-state index in [1.807, 2.05) is 0 Å². The summed E-state index contributed by atoms with van der Waals surface area (Å²) in [5.41, 5.74) is -0.327. The van der Waals surface area contributed by atoms with Gasteiger partial charge < -0.3 is 26.9 Å². The molecule has 0 unspecified atom stereocenters. The third kappa shape index (κ3) is 12.0. The molecule has 152 valence electrons. The first kappa shape index (κ1) is 29.5. The summed E-state index contributed by atoms with van der Waals surface area (Å²) in [4.78, 5) is 0. The summed E-state index contributed by atoms with van der Waals surface area (Å²) < 4.78 is 63.2. The number of halogens is 5. The molecule has 0 atom stereocenters. The fraction of sp³-hybridized carbons (Fsp3) is 0.200. The Kier molecular flexibility index (Phi) is 17.1. The van der Waals surface area contributed by atoms with E-state index in [4.69, 9.17) is 10.0 Å². The van der Waals surface area contributed by atoms with Gasteiger partial charge in [0.25, 0.3) is 0 Å². The van der Waals surface area contributed by atoms with Crippen LogP contribution < -0.4 is 5.46 Å². The zero-order valence-electron chi connectivity index (χ0n) is 17.3. The standard InChI is InChI=1S/C6H5BF2O2.C6H3BrF2.C3H9BO3.Mg.2H/c8-4-1-2-5(7(10)11)6(9)3-4;7-5-2-1-4(8)3-6(5)9;1-5-4(6-2)7-3;;;/h1-3,10-11H;1-3H;1-3H3;;;/q;;;+2;2*-1. The molecule has 0 aliphatic heterocycles. The van der Waals surface area contributed by atoms with Crippen LogP contribution in [0, 0.1) is 23.3 Å². The number of benzene rings is 2. The molecule has 0 saturated carbocycles. The fourth-order valence-electron chi connectivity index (χ4n) is 1.47. The van der Waals surface area contributed by atoms with Crippen LogP contribution in [-0.4, -0.2) is 68.9 Å². The van der Waals surface area contributed by atoms with Crippen LogP contribution in [0.2, 0.25) is 0 Å². The molecule has 2 aromatic rings. The predicted molar refractivity (Wildman–Crippen MR) is 105 cm³/mol. The van der Waals surface area contributed by atoms with Crippen LogP contribution in [0.3, 0.4) is 0 Å². The Morgan fingerprint density at radius 3 is 1.54 bits per heavy atom. The van der Waals surface area contributed by atoms with Gasteiger partial charge in [-0.2, -0.15) is 0 Å². The Labute approximate surface area is 188 Å². The molecular weight excluding hydrogens is 462 g/mol. The minimum atomic E-state index is -1.89. The molecule has 5 nitrogen and oxygen atoms in total. The molecule has 2 N–H and O–H groups in total. The third-order valence-electron chi connectivity index (χ3n) is 2.70. The monoisotopic (exact) mass is 480 g/mol. The summed E-state index contributed by atoms with van der Waals surface area (Å²) in [7, 11) is 2.13. The van der Waals surface area contributed by atoms with E-state index in [0.717, 1.165) is 18.2 Å². The van der Waals surface area contributed by atoms with Crippen molar-refractivity contribution >= 4 is 58.9 Å². The number of rotatable bonds is 4. The van der Waals surface area contributed by atoms with Crippen LogP contribution in [0.15, 0.2) is 40.9 Å². The summed E-state index contributed by atoms with van der Waals surface area (Å²) in [6.07, 6.45) is 0. The Bertz CT molecular complexity index is 705. The van der Waals surface area contributed by atoms with E-state index in [2.05, 4.69) is 29.9 Å². The summed E-state index contributed by atoms with van der Waals surface area (Å²) in [5.74, 6) is -2.84. The normalized spacial score (nSPS) is 9.21. The van der Waals surface area contributed by atoms with Gasteiger partial charge in [0.1, 0.15) is 23.3 Å². The van der Waals surface area contributed by atoms with Crippen LogP contribution in [0.5, 0.6) is 0 Å². The van der Waals surface area contributed by atoms with Crippen LogP contribution in [0.25, 0.3) is 0 Å². The molecule has 2 aromatic carbocycles. The van der Waals surface area contributed by atoms with Gasteiger partial charge in [-0.05, 0) is 34.1 Å². The Hall–Kier alpha value is -0.664. The van der Waals surface area contributed by atoms with Crippen molar-refractivity contribution in [1.29, 1.82) is 0 Å². The van der Waals surface area contributed by atoms with Crippen molar-refractivity contribution < 1.29 is 44.4 Å². The van der Waals surface area contributed by atoms with Gasteiger partial charge >= 0.3 is 37.5 Å². The smallest absolute Gasteiger partial charge is 1.00 e. The molecule has 0 saturated heterocycles. The van der Waals surface area contributed by atoms with E-state index in [-0.39, 0.29) is 35.8 Å². The van der Waals surface area contributed by atoms with Crippen molar-refractivity contribution in [3.63, 3.8) is 0 Å². The summed E-state index contributed by atoms with van der Waals surface area (Å²) in [6.45, 7) is 0. The van der Waals surface area contributed by atoms with Crippen LogP contribution >= 0.6 is 15.9 Å². The van der Waals surface area contributed by atoms with Crippen molar-refractivity contribution in [1.82, 2.24) is 0 Å². The van der Waals surface area contributed by atoms with Gasteiger partial charge in [-0.25, -0.2) is 17.6 Å². The average molecular weight is 481 g/mol. The van der Waals surface area contributed by atoms with E-state index in [1.54, 1.807) is 0 Å². The van der Waals surface area contributed by atoms with E-state index in [9.17, 15) is 17.6 Å². The zero-order valence-corrected chi connectivity index (χ0v) is 18.3. The summed E-state index contributed by atoms with van der Waals surface area (Å²) >= 11 is 2.89. The Morgan fingerprint density at radius 1 is 0.821 bits per heavy atom. The second kappa shape index (κ2) is 16.2. The second-order valence-electron chi connectivity index (χ2n) is 4.59. The second-order valence-corrected chi connectivity index (χ2v) is 5.45. The van der Waals surface area contributed by atoms with Gasteiger partial charge in [-0.3, -0.25) is 0 Å².